The van der Waals surface area contributed by atoms with Crippen molar-refractivity contribution in [1.82, 2.24) is 10.2 Å². The van der Waals surface area contributed by atoms with E-state index in [2.05, 4.69) is 31.0 Å². The molecule has 0 aromatic heterocycles. The maximum Gasteiger partial charge on any atom is 0.0599 e. The standard InChI is InChI=1S/C14H30N2O/c1-4-9-15-10-6-13(3)16-11-7-14(8-12-16)17-5-2/h13-15H,4-12H2,1-3H3. The third-order valence-electron chi connectivity index (χ3n) is 3.67. The third-order valence-corrected chi connectivity index (χ3v) is 3.67. The van der Waals surface area contributed by atoms with E-state index >= 15 is 0 Å². The van der Waals surface area contributed by atoms with Gasteiger partial charge in [0, 0.05) is 25.7 Å². The number of piperidine rings is 1. The zero-order chi connectivity index (χ0) is 12.5. The molecular formula is C14H30N2O. The van der Waals surface area contributed by atoms with Crippen LogP contribution in [0.15, 0.2) is 0 Å². The average molecular weight is 242 g/mol. The maximum atomic E-state index is 5.68. The van der Waals surface area contributed by atoms with Gasteiger partial charge < -0.3 is 15.0 Å². The molecule has 1 atom stereocenters. The van der Waals surface area contributed by atoms with Gasteiger partial charge in [0.1, 0.15) is 0 Å². The van der Waals surface area contributed by atoms with Crippen molar-refractivity contribution < 1.29 is 4.74 Å². The Balaban J connectivity index is 2.10. The number of rotatable bonds is 8. The van der Waals surface area contributed by atoms with E-state index in [0.29, 0.717) is 12.1 Å². The van der Waals surface area contributed by atoms with Crippen LogP contribution >= 0.6 is 0 Å². The summed E-state index contributed by atoms with van der Waals surface area (Å²) < 4.78 is 5.68. The smallest absolute Gasteiger partial charge is 0.0599 e. The molecule has 1 N–H and O–H groups in total. The molecule has 102 valence electrons. The highest BCUT2D eigenvalue weighted by Gasteiger charge is 2.22. The van der Waals surface area contributed by atoms with E-state index < -0.39 is 0 Å². The second-order valence-corrected chi connectivity index (χ2v) is 5.08. The van der Waals surface area contributed by atoms with Gasteiger partial charge in [0.25, 0.3) is 0 Å². The highest BCUT2D eigenvalue weighted by molar-refractivity contribution is 4.77. The lowest BCUT2D eigenvalue weighted by atomic mass is 10.0. The van der Waals surface area contributed by atoms with E-state index in [1.807, 2.05) is 0 Å². The van der Waals surface area contributed by atoms with Crippen molar-refractivity contribution in [2.75, 3.05) is 32.8 Å². The van der Waals surface area contributed by atoms with Gasteiger partial charge in [-0.3, -0.25) is 0 Å². The molecule has 1 fully saturated rings. The number of ether oxygens (including phenoxy) is 1. The third kappa shape index (κ3) is 5.84. The molecule has 1 heterocycles. The molecule has 0 saturated carbocycles. The minimum Gasteiger partial charge on any atom is -0.378 e. The quantitative estimate of drug-likeness (QED) is 0.661. The van der Waals surface area contributed by atoms with Gasteiger partial charge >= 0.3 is 0 Å². The molecule has 0 spiro atoms. The summed E-state index contributed by atoms with van der Waals surface area (Å²) in [4.78, 5) is 2.61. The van der Waals surface area contributed by atoms with Crippen LogP contribution in [-0.2, 0) is 4.74 Å². The first-order valence-corrected chi connectivity index (χ1v) is 7.34. The van der Waals surface area contributed by atoms with Gasteiger partial charge in [-0.15, -0.1) is 0 Å². The van der Waals surface area contributed by atoms with Gasteiger partial charge in [-0.2, -0.15) is 0 Å². The molecular weight excluding hydrogens is 212 g/mol. The molecule has 0 aliphatic carbocycles. The molecule has 3 heteroatoms. The fourth-order valence-corrected chi connectivity index (χ4v) is 2.51. The van der Waals surface area contributed by atoms with E-state index in [0.717, 1.165) is 19.7 Å². The number of nitrogens with one attached hydrogen (secondary N) is 1. The Kier molecular flexibility index (Phi) is 7.82. The monoisotopic (exact) mass is 242 g/mol. The Morgan fingerprint density at radius 2 is 1.94 bits per heavy atom. The van der Waals surface area contributed by atoms with Gasteiger partial charge in [-0.1, -0.05) is 6.92 Å². The summed E-state index contributed by atoms with van der Waals surface area (Å²) in [6, 6.07) is 0.710. The highest BCUT2D eigenvalue weighted by atomic mass is 16.5. The number of hydrogen-bond acceptors (Lipinski definition) is 3. The van der Waals surface area contributed by atoms with E-state index in [-0.39, 0.29) is 0 Å². The molecule has 1 unspecified atom stereocenters. The lowest BCUT2D eigenvalue weighted by molar-refractivity contribution is 0.00508. The Morgan fingerprint density at radius 1 is 1.24 bits per heavy atom. The van der Waals surface area contributed by atoms with E-state index in [4.69, 9.17) is 4.74 Å². The van der Waals surface area contributed by atoms with Crippen LogP contribution in [0.3, 0.4) is 0 Å². The summed E-state index contributed by atoms with van der Waals surface area (Å²) in [5.41, 5.74) is 0. The van der Waals surface area contributed by atoms with Crippen molar-refractivity contribution in [2.45, 2.75) is 58.6 Å². The fraction of sp³-hybridized carbons (Fsp3) is 1.00. The predicted molar refractivity (Wildman–Crippen MR) is 73.5 cm³/mol. The van der Waals surface area contributed by atoms with Crippen molar-refractivity contribution >= 4 is 0 Å². The fourth-order valence-electron chi connectivity index (χ4n) is 2.51. The van der Waals surface area contributed by atoms with Gasteiger partial charge in [0.05, 0.1) is 6.10 Å². The highest BCUT2D eigenvalue weighted by Crippen LogP contribution is 2.16. The van der Waals surface area contributed by atoms with Crippen LogP contribution in [0.25, 0.3) is 0 Å². The summed E-state index contributed by atoms with van der Waals surface area (Å²) in [6.45, 7) is 12.2. The van der Waals surface area contributed by atoms with E-state index in [9.17, 15) is 0 Å². The second kappa shape index (κ2) is 8.90. The Labute approximate surface area is 107 Å². The number of likely N-dealkylation sites (tertiary alicyclic amines) is 1. The van der Waals surface area contributed by atoms with Crippen LogP contribution < -0.4 is 5.32 Å². The maximum absolute atomic E-state index is 5.68. The van der Waals surface area contributed by atoms with Crippen LogP contribution in [0.4, 0.5) is 0 Å². The van der Waals surface area contributed by atoms with Crippen LogP contribution in [-0.4, -0.2) is 49.8 Å². The lowest BCUT2D eigenvalue weighted by Crippen LogP contribution is -2.43. The Bertz CT molecular complexity index is 179. The molecule has 0 bridgehead atoms. The molecule has 0 radical (unpaired) electrons. The molecule has 0 aromatic rings. The molecule has 0 amide bonds. The SMILES string of the molecule is CCCNCCC(C)N1CCC(OCC)CC1. The van der Waals surface area contributed by atoms with Gasteiger partial charge in [0.15, 0.2) is 0 Å². The molecule has 1 saturated heterocycles. The molecule has 17 heavy (non-hydrogen) atoms. The van der Waals surface area contributed by atoms with Crippen molar-refractivity contribution in [1.29, 1.82) is 0 Å². The van der Waals surface area contributed by atoms with Crippen LogP contribution in [0.2, 0.25) is 0 Å². The summed E-state index contributed by atoms with van der Waals surface area (Å²) in [7, 11) is 0. The number of nitrogens with zero attached hydrogens (tertiary/aromatic N) is 1. The zero-order valence-corrected chi connectivity index (χ0v) is 11.9. The first kappa shape index (κ1) is 14.9. The molecule has 3 nitrogen and oxygen atoms in total. The summed E-state index contributed by atoms with van der Waals surface area (Å²) in [6.07, 6.45) is 5.43. The summed E-state index contributed by atoms with van der Waals surface area (Å²) >= 11 is 0. The van der Waals surface area contributed by atoms with Crippen LogP contribution in [0.1, 0.15) is 46.5 Å². The first-order chi connectivity index (χ1) is 8.27. The number of hydrogen-bond donors (Lipinski definition) is 1. The Morgan fingerprint density at radius 3 is 2.53 bits per heavy atom. The van der Waals surface area contributed by atoms with Crippen LogP contribution in [0.5, 0.6) is 0 Å². The van der Waals surface area contributed by atoms with Gasteiger partial charge in [-0.25, -0.2) is 0 Å². The molecule has 0 aromatic carbocycles. The van der Waals surface area contributed by atoms with E-state index in [1.165, 1.54) is 38.8 Å². The zero-order valence-electron chi connectivity index (χ0n) is 11.9. The summed E-state index contributed by atoms with van der Waals surface area (Å²) in [5, 5.41) is 3.48. The average Bonchev–Trinajstić information content (AvgIpc) is 2.36. The van der Waals surface area contributed by atoms with Crippen molar-refractivity contribution in [3.63, 3.8) is 0 Å². The van der Waals surface area contributed by atoms with Crippen molar-refractivity contribution in [2.24, 2.45) is 0 Å². The molecule has 1 aliphatic rings. The first-order valence-electron chi connectivity index (χ1n) is 7.34. The largest absolute Gasteiger partial charge is 0.378 e. The minimum absolute atomic E-state index is 0.515. The van der Waals surface area contributed by atoms with Gasteiger partial charge in [0.2, 0.25) is 0 Å². The lowest BCUT2D eigenvalue weighted by Gasteiger charge is -2.36. The second-order valence-electron chi connectivity index (χ2n) is 5.08. The predicted octanol–water partition coefficient (Wildman–Crippen LogP) is 2.27. The molecule has 1 rings (SSSR count). The topological polar surface area (TPSA) is 24.5 Å². The van der Waals surface area contributed by atoms with Crippen LogP contribution in [0, 0.1) is 0 Å². The van der Waals surface area contributed by atoms with Crippen molar-refractivity contribution in [3.8, 4) is 0 Å². The van der Waals surface area contributed by atoms with Crippen molar-refractivity contribution in [3.05, 3.63) is 0 Å². The molecule has 1 aliphatic heterocycles. The Hall–Kier alpha value is -0.120. The van der Waals surface area contributed by atoms with Gasteiger partial charge in [-0.05, 0) is 52.6 Å². The van der Waals surface area contributed by atoms with E-state index in [1.54, 1.807) is 0 Å². The minimum atomic E-state index is 0.515. The normalized spacial score (nSPS) is 20.6. The summed E-state index contributed by atoms with van der Waals surface area (Å²) in [5.74, 6) is 0.